The van der Waals surface area contributed by atoms with Crippen molar-refractivity contribution in [2.45, 2.75) is 18.9 Å². The van der Waals surface area contributed by atoms with Crippen LogP contribution in [0.3, 0.4) is 0 Å². The van der Waals surface area contributed by atoms with E-state index in [1.54, 1.807) is 30.0 Å². The van der Waals surface area contributed by atoms with Crippen molar-refractivity contribution in [3.63, 3.8) is 0 Å². The van der Waals surface area contributed by atoms with Gasteiger partial charge < -0.3 is 20.3 Å². The number of methoxy groups -OCH3 is 1. The van der Waals surface area contributed by atoms with E-state index in [4.69, 9.17) is 16.3 Å². The Labute approximate surface area is 191 Å². The maximum absolute atomic E-state index is 12.7. The largest absolute Gasteiger partial charge is 0.495 e. The molecule has 0 saturated carbocycles. The number of piperidine rings is 1. The van der Waals surface area contributed by atoms with E-state index in [2.05, 4.69) is 37.6 Å². The van der Waals surface area contributed by atoms with Gasteiger partial charge in [0, 0.05) is 24.8 Å². The lowest BCUT2D eigenvalue weighted by molar-refractivity contribution is 0.0916. The number of hydrogen-bond donors (Lipinski definition) is 2. The minimum absolute atomic E-state index is 0.107. The van der Waals surface area contributed by atoms with Gasteiger partial charge in [0.1, 0.15) is 17.1 Å². The van der Waals surface area contributed by atoms with Crippen LogP contribution in [0.1, 0.15) is 23.2 Å². The predicted molar refractivity (Wildman–Crippen MR) is 124 cm³/mol. The lowest BCUT2D eigenvalue weighted by atomic mass is 10.0. The smallest absolute Gasteiger partial charge is 0.251 e. The zero-order valence-corrected chi connectivity index (χ0v) is 19.1. The molecule has 3 heterocycles. The van der Waals surface area contributed by atoms with Crippen LogP contribution in [0.5, 0.6) is 5.75 Å². The summed E-state index contributed by atoms with van der Waals surface area (Å²) in [6.45, 7) is 1.97. The van der Waals surface area contributed by atoms with Crippen LogP contribution in [0.25, 0.3) is 11.4 Å². The fraction of sp³-hybridized carbons (Fsp3) is 0.364. The number of amides is 1. The Hall–Kier alpha value is -3.17. The normalized spacial score (nSPS) is 14.9. The Kier molecular flexibility index (Phi) is 6.57. The number of nitrogens with one attached hydrogen (secondary N) is 2. The van der Waals surface area contributed by atoms with Gasteiger partial charge in [-0.15, -0.1) is 0 Å². The first-order valence-corrected chi connectivity index (χ1v) is 10.8. The van der Waals surface area contributed by atoms with Gasteiger partial charge in [-0.1, -0.05) is 11.6 Å². The third-order valence-corrected chi connectivity index (χ3v) is 5.74. The Morgan fingerprint density at radius 3 is 2.69 bits per heavy atom. The number of rotatable bonds is 6. The molecular weight excluding hydrogens is 430 g/mol. The van der Waals surface area contributed by atoms with Gasteiger partial charge in [0.25, 0.3) is 5.91 Å². The van der Waals surface area contributed by atoms with Crippen LogP contribution >= 0.6 is 11.6 Å². The summed E-state index contributed by atoms with van der Waals surface area (Å²) in [4.78, 5) is 23.7. The van der Waals surface area contributed by atoms with Gasteiger partial charge in [-0.05, 0) is 57.2 Å². The molecule has 0 aliphatic carbocycles. The van der Waals surface area contributed by atoms with Crippen molar-refractivity contribution < 1.29 is 9.53 Å². The van der Waals surface area contributed by atoms with Crippen LogP contribution in [0.2, 0.25) is 5.02 Å². The number of aromatic nitrogens is 4. The molecule has 4 rings (SSSR count). The van der Waals surface area contributed by atoms with Crippen molar-refractivity contribution in [3.05, 3.63) is 47.2 Å². The fourth-order valence-corrected chi connectivity index (χ4v) is 3.81. The maximum Gasteiger partial charge on any atom is 0.251 e. The van der Waals surface area contributed by atoms with E-state index in [1.165, 1.54) is 6.20 Å². The van der Waals surface area contributed by atoms with E-state index in [9.17, 15) is 4.79 Å². The van der Waals surface area contributed by atoms with Crippen molar-refractivity contribution in [2.24, 2.45) is 7.05 Å². The van der Waals surface area contributed by atoms with E-state index in [1.807, 2.05) is 19.3 Å². The topological polar surface area (TPSA) is 97.2 Å². The number of ether oxygens (including phenoxy) is 1. The van der Waals surface area contributed by atoms with Crippen molar-refractivity contribution in [1.29, 1.82) is 0 Å². The average Bonchev–Trinajstić information content (AvgIpc) is 3.22. The van der Waals surface area contributed by atoms with Crippen molar-refractivity contribution >= 4 is 29.1 Å². The minimum Gasteiger partial charge on any atom is -0.495 e. The Bertz CT molecular complexity index is 1110. The molecule has 3 aromatic rings. The van der Waals surface area contributed by atoms with E-state index < -0.39 is 0 Å². The standard InChI is InChI=1S/C22H26ClN7O2/c1-29-9-6-15(7-10-29)25-21(31)14-4-5-17(19(12-14)32-3)26-22-24-13-16(23)20(27-22)18-8-11-30(2)28-18/h4-5,8,11-13,15H,6-7,9-10H2,1-3H3,(H,25,31)(H,24,26,27). The molecule has 2 N–H and O–H groups in total. The monoisotopic (exact) mass is 455 g/mol. The van der Waals surface area contributed by atoms with Crippen LogP contribution in [0, 0.1) is 0 Å². The van der Waals surface area contributed by atoms with Crippen LogP contribution in [0.4, 0.5) is 11.6 Å². The molecule has 32 heavy (non-hydrogen) atoms. The zero-order valence-electron chi connectivity index (χ0n) is 18.3. The second-order valence-corrected chi connectivity index (χ2v) is 8.26. The number of carbonyl (C=O) groups excluding carboxylic acids is 1. The molecule has 168 valence electrons. The number of aryl methyl sites for hydroxylation is 1. The number of halogens is 1. The Morgan fingerprint density at radius 2 is 2.00 bits per heavy atom. The first-order chi connectivity index (χ1) is 15.4. The van der Waals surface area contributed by atoms with Crippen LogP contribution < -0.4 is 15.4 Å². The molecule has 1 saturated heterocycles. The molecule has 9 nitrogen and oxygen atoms in total. The highest BCUT2D eigenvalue weighted by Crippen LogP contribution is 2.30. The van der Waals surface area contributed by atoms with Gasteiger partial charge in [0.2, 0.25) is 5.95 Å². The Morgan fingerprint density at radius 1 is 1.22 bits per heavy atom. The van der Waals surface area contributed by atoms with E-state index in [0.717, 1.165) is 25.9 Å². The molecule has 2 aromatic heterocycles. The first kappa shape index (κ1) is 22.0. The molecule has 0 spiro atoms. The highest BCUT2D eigenvalue weighted by molar-refractivity contribution is 6.32. The molecule has 0 atom stereocenters. The predicted octanol–water partition coefficient (Wildman–Crippen LogP) is 3.11. The summed E-state index contributed by atoms with van der Waals surface area (Å²) in [7, 11) is 5.48. The number of nitrogens with zero attached hydrogens (tertiary/aromatic N) is 5. The summed E-state index contributed by atoms with van der Waals surface area (Å²) in [6.07, 6.45) is 5.24. The summed E-state index contributed by atoms with van der Waals surface area (Å²) in [5.74, 6) is 0.750. The summed E-state index contributed by atoms with van der Waals surface area (Å²) in [5.41, 5.74) is 2.35. The summed E-state index contributed by atoms with van der Waals surface area (Å²) < 4.78 is 7.19. The van der Waals surface area contributed by atoms with E-state index in [-0.39, 0.29) is 11.9 Å². The van der Waals surface area contributed by atoms with Gasteiger partial charge in [-0.3, -0.25) is 9.48 Å². The second-order valence-electron chi connectivity index (χ2n) is 7.86. The fourth-order valence-electron chi connectivity index (χ4n) is 3.63. The molecule has 1 fully saturated rings. The Balaban J connectivity index is 1.50. The second kappa shape index (κ2) is 9.54. The summed E-state index contributed by atoms with van der Waals surface area (Å²) in [5, 5.41) is 11.0. The molecule has 1 aliphatic heterocycles. The maximum atomic E-state index is 12.7. The van der Waals surface area contributed by atoms with Crippen LogP contribution in [0.15, 0.2) is 36.7 Å². The van der Waals surface area contributed by atoms with Gasteiger partial charge in [0.05, 0.1) is 24.0 Å². The molecule has 1 aromatic carbocycles. The van der Waals surface area contributed by atoms with Crippen molar-refractivity contribution in [3.8, 4) is 17.1 Å². The molecular formula is C22H26ClN7O2. The van der Waals surface area contributed by atoms with Crippen molar-refractivity contribution in [2.75, 3.05) is 32.6 Å². The van der Waals surface area contributed by atoms with Crippen LogP contribution in [-0.4, -0.2) is 63.8 Å². The third-order valence-electron chi connectivity index (χ3n) is 5.46. The van der Waals surface area contributed by atoms with E-state index >= 15 is 0 Å². The molecule has 1 aliphatic rings. The average molecular weight is 456 g/mol. The number of anilines is 2. The molecule has 0 bridgehead atoms. The lowest BCUT2D eigenvalue weighted by Crippen LogP contribution is -2.43. The van der Waals surface area contributed by atoms with Gasteiger partial charge in [-0.2, -0.15) is 5.10 Å². The molecule has 0 radical (unpaired) electrons. The third kappa shape index (κ3) is 5.00. The van der Waals surface area contributed by atoms with Crippen LogP contribution in [-0.2, 0) is 7.05 Å². The molecule has 0 unspecified atom stereocenters. The number of benzene rings is 1. The number of hydrogen-bond acceptors (Lipinski definition) is 7. The quantitative estimate of drug-likeness (QED) is 0.589. The first-order valence-electron chi connectivity index (χ1n) is 10.4. The van der Waals surface area contributed by atoms with Gasteiger partial charge in [0.15, 0.2) is 0 Å². The SMILES string of the molecule is COc1cc(C(=O)NC2CCN(C)CC2)ccc1Nc1ncc(Cl)c(-c2ccn(C)n2)n1. The van der Waals surface area contributed by atoms with E-state index in [0.29, 0.717) is 39.4 Å². The summed E-state index contributed by atoms with van der Waals surface area (Å²) >= 11 is 6.27. The number of carbonyl (C=O) groups is 1. The van der Waals surface area contributed by atoms with Crippen molar-refractivity contribution in [1.82, 2.24) is 30.0 Å². The lowest BCUT2D eigenvalue weighted by Gasteiger charge is -2.29. The zero-order chi connectivity index (χ0) is 22.7. The van der Waals surface area contributed by atoms with Gasteiger partial charge in [-0.25, -0.2) is 9.97 Å². The van der Waals surface area contributed by atoms with Gasteiger partial charge >= 0.3 is 0 Å². The molecule has 10 heteroatoms. The highest BCUT2D eigenvalue weighted by atomic mass is 35.5. The minimum atomic E-state index is -0.107. The number of likely N-dealkylation sites (tertiary alicyclic amines) is 1. The summed E-state index contributed by atoms with van der Waals surface area (Å²) in [6, 6.07) is 7.26. The highest BCUT2D eigenvalue weighted by Gasteiger charge is 2.20. The molecule has 1 amide bonds.